The molecule has 0 heterocycles. The number of carbonyl (C=O) groups is 1. The van der Waals surface area contributed by atoms with Gasteiger partial charge in [0.25, 0.3) is 0 Å². The smallest absolute Gasteiger partial charge is 0.331 e. The van der Waals surface area contributed by atoms with E-state index in [1.54, 1.807) is 13.0 Å². The molecule has 4 heteroatoms. The van der Waals surface area contributed by atoms with E-state index in [2.05, 4.69) is 21.2 Å². The van der Waals surface area contributed by atoms with Crippen LogP contribution in [0.1, 0.15) is 12.5 Å². The standard InChI is InChI=1S/C12H14BrNO2/c1-8-3-4-10(7-11(8)13)14-6-5-9(2)12(15)16/h3-5,7,14H,6H2,1-2H3,(H,15,16)/b9-5-. The van der Waals surface area contributed by atoms with Crippen LogP contribution in [-0.2, 0) is 4.79 Å². The van der Waals surface area contributed by atoms with E-state index in [-0.39, 0.29) is 0 Å². The van der Waals surface area contributed by atoms with Gasteiger partial charge in [-0.15, -0.1) is 0 Å². The zero-order valence-corrected chi connectivity index (χ0v) is 10.8. The van der Waals surface area contributed by atoms with Gasteiger partial charge in [-0.25, -0.2) is 4.79 Å². The number of carboxylic acids is 1. The maximum Gasteiger partial charge on any atom is 0.331 e. The molecule has 1 rings (SSSR count). The molecule has 0 atom stereocenters. The van der Waals surface area contributed by atoms with Crippen molar-refractivity contribution < 1.29 is 9.90 Å². The number of halogens is 1. The summed E-state index contributed by atoms with van der Waals surface area (Å²) in [6, 6.07) is 5.93. The van der Waals surface area contributed by atoms with Gasteiger partial charge in [0.15, 0.2) is 0 Å². The number of carboxylic acid groups (broad SMARTS) is 1. The summed E-state index contributed by atoms with van der Waals surface area (Å²) >= 11 is 3.44. The van der Waals surface area contributed by atoms with Crippen LogP contribution in [0.25, 0.3) is 0 Å². The first-order valence-corrected chi connectivity index (χ1v) is 5.70. The van der Waals surface area contributed by atoms with Gasteiger partial charge in [-0.1, -0.05) is 28.1 Å². The third-order valence-corrected chi connectivity index (χ3v) is 3.08. The van der Waals surface area contributed by atoms with Crippen molar-refractivity contribution in [1.29, 1.82) is 0 Å². The normalized spacial score (nSPS) is 11.3. The Bertz CT molecular complexity index is 427. The zero-order valence-electron chi connectivity index (χ0n) is 9.25. The molecule has 0 amide bonds. The van der Waals surface area contributed by atoms with Crippen LogP contribution in [0.15, 0.2) is 34.3 Å². The van der Waals surface area contributed by atoms with Gasteiger partial charge in [0.05, 0.1) is 0 Å². The van der Waals surface area contributed by atoms with E-state index in [0.29, 0.717) is 12.1 Å². The molecule has 0 aliphatic carbocycles. The molecule has 0 fully saturated rings. The molecule has 2 N–H and O–H groups in total. The Balaban J connectivity index is 2.59. The molecular formula is C12H14BrNO2. The van der Waals surface area contributed by atoms with Gasteiger partial charge in [0.2, 0.25) is 0 Å². The highest BCUT2D eigenvalue weighted by molar-refractivity contribution is 9.10. The lowest BCUT2D eigenvalue weighted by Gasteiger charge is -2.05. The number of nitrogens with one attached hydrogen (secondary N) is 1. The van der Waals surface area contributed by atoms with E-state index in [9.17, 15) is 4.79 Å². The number of hydrogen-bond donors (Lipinski definition) is 2. The fourth-order valence-electron chi connectivity index (χ4n) is 1.11. The van der Waals surface area contributed by atoms with Gasteiger partial charge in [0, 0.05) is 22.3 Å². The van der Waals surface area contributed by atoms with Crippen molar-refractivity contribution in [3.8, 4) is 0 Å². The Labute approximate surface area is 103 Å². The second kappa shape index (κ2) is 5.70. The topological polar surface area (TPSA) is 49.3 Å². The summed E-state index contributed by atoms with van der Waals surface area (Å²) in [5, 5.41) is 11.8. The van der Waals surface area contributed by atoms with Crippen LogP contribution in [0.4, 0.5) is 5.69 Å². The number of aryl methyl sites for hydroxylation is 1. The molecule has 1 aromatic rings. The third-order valence-electron chi connectivity index (χ3n) is 2.22. The maximum absolute atomic E-state index is 10.5. The Morgan fingerprint density at radius 1 is 1.56 bits per heavy atom. The summed E-state index contributed by atoms with van der Waals surface area (Å²) < 4.78 is 1.04. The maximum atomic E-state index is 10.5. The predicted octanol–water partition coefficient (Wildman–Crippen LogP) is 3.20. The van der Waals surface area contributed by atoms with Crippen LogP contribution < -0.4 is 5.32 Å². The Kier molecular flexibility index (Phi) is 4.55. The number of hydrogen-bond acceptors (Lipinski definition) is 2. The number of anilines is 1. The third kappa shape index (κ3) is 3.70. The summed E-state index contributed by atoms with van der Waals surface area (Å²) in [6.07, 6.45) is 1.65. The molecule has 0 aromatic heterocycles. The van der Waals surface area contributed by atoms with Crippen LogP contribution in [0.5, 0.6) is 0 Å². The fraction of sp³-hybridized carbons (Fsp3) is 0.250. The first-order valence-electron chi connectivity index (χ1n) is 4.91. The zero-order chi connectivity index (χ0) is 12.1. The van der Waals surface area contributed by atoms with Crippen LogP contribution in [-0.4, -0.2) is 17.6 Å². The lowest BCUT2D eigenvalue weighted by molar-refractivity contribution is -0.132. The van der Waals surface area contributed by atoms with E-state index >= 15 is 0 Å². The molecule has 0 radical (unpaired) electrons. The SMILES string of the molecule is C/C(=C/CNc1ccc(C)c(Br)c1)C(=O)O. The van der Waals surface area contributed by atoms with Gasteiger partial charge in [-0.2, -0.15) is 0 Å². The molecule has 0 unspecified atom stereocenters. The second-order valence-electron chi connectivity index (χ2n) is 3.54. The molecule has 0 aliphatic rings. The second-order valence-corrected chi connectivity index (χ2v) is 4.39. The molecule has 0 aliphatic heterocycles. The van der Waals surface area contributed by atoms with Crippen LogP contribution in [0.3, 0.4) is 0 Å². The van der Waals surface area contributed by atoms with E-state index in [0.717, 1.165) is 10.2 Å². The first-order chi connectivity index (χ1) is 7.50. The molecule has 1 aromatic carbocycles. The van der Waals surface area contributed by atoms with Crippen LogP contribution in [0, 0.1) is 6.92 Å². The molecule has 0 saturated heterocycles. The summed E-state index contributed by atoms with van der Waals surface area (Å²) in [4.78, 5) is 10.5. The van der Waals surface area contributed by atoms with Crippen molar-refractivity contribution in [2.24, 2.45) is 0 Å². The van der Waals surface area contributed by atoms with Crippen molar-refractivity contribution in [2.75, 3.05) is 11.9 Å². The van der Waals surface area contributed by atoms with Crippen molar-refractivity contribution >= 4 is 27.6 Å². The van der Waals surface area contributed by atoms with E-state index in [4.69, 9.17) is 5.11 Å². The highest BCUT2D eigenvalue weighted by Crippen LogP contribution is 2.20. The lowest BCUT2D eigenvalue weighted by Crippen LogP contribution is -2.03. The van der Waals surface area contributed by atoms with Crippen LogP contribution in [0.2, 0.25) is 0 Å². The summed E-state index contributed by atoms with van der Waals surface area (Å²) in [6.45, 7) is 4.10. The van der Waals surface area contributed by atoms with E-state index in [1.807, 2.05) is 25.1 Å². The Morgan fingerprint density at radius 3 is 2.81 bits per heavy atom. The average Bonchev–Trinajstić information content (AvgIpc) is 2.23. The number of aliphatic carboxylic acids is 1. The molecule has 0 bridgehead atoms. The summed E-state index contributed by atoms with van der Waals surface area (Å²) in [5.41, 5.74) is 2.48. The molecule has 86 valence electrons. The van der Waals surface area contributed by atoms with Gasteiger partial charge in [0.1, 0.15) is 0 Å². The largest absolute Gasteiger partial charge is 0.478 e. The van der Waals surface area contributed by atoms with Gasteiger partial charge >= 0.3 is 5.97 Å². The Morgan fingerprint density at radius 2 is 2.25 bits per heavy atom. The Hall–Kier alpha value is -1.29. The van der Waals surface area contributed by atoms with Gasteiger partial charge in [-0.05, 0) is 31.5 Å². The molecule has 0 saturated carbocycles. The summed E-state index contributed by atoms with van der Waals surface area (Å²) in [7, 11) is 0. The average molecular weight is 284 g/mol. The highest BCUT2D eigenvalue weighted by Gasteiger charge is 1.99. The van der Waals surface area contributed by atoms with Crippen molar-refractivity contribution in [3.63, 3.8) is 0 Å². The minimum absolute atomic E-state index is 0.346. The minimum Gasteiger partial charge on any atom is -0.478 e. The van der Waals surface area contributed by atoms with E-state index < -0.39 is 5.97 Å². The first kappa shape index (κ1) is 12.8. The molecule has 0 spiro atoms. The van der Waals surface area contributed by atoms with Crippen molar-refractivity contribution in [2.45, 2.75) is 13.8 Å². The summed E-state index contributed by atoms with van der Waals surface area (Å²) in [5.74, 6) is -0.883. The van der Waals surface area contributed by atoms with Crippen molar-refractivity contribution in [1.82, 2.24) is 0 Å². The number of rotatable bonds is 4. The molecule has 16 heavy (non-hydrogen) atoms. The molecule has 3 nitrogen and oxygen atoms in total. The monoisotopic (exact) mass is 283 g/mol. The predicted molar refractivity (Wildman–Crippen MR) is 68.8 cm³/mol. The van der Waals surface area contributed by atoms with Gasteiger partial charge < -0.3 is 10.4 Å². The molecular weight excluding hydrogens is 270 g/mol. The quantitative estimate of drug-likeness (QED) is 0.835. The van der Waals surface area contributed by atoms with E-state index in [1.165, 1.54) is 5.56 Å². The fourth-order valence-corrected chi connectivity index (χ4v) is 1.49. The van der Waals surface area contributed by atoms with Gasteiger partial charge in [-0.3, -0.25) is 0 Å². The lowest BCUT2D eigenvalue weighted by atomic mass is 10.2. The minimum atomic E-state index is -0.883. The highest BCUT2D eigenvalue weighted by atomic mass is 79.9. The van der Waals surface area contributed by atoms with Crippen LogP contribution >= 0.6 is 15.9 Å². The van der Waals surface area contributed by atoms with Crippen molar-refractivity contribution in [3.05, 3.63) is 39.9 Å². The number of benzene rings is 1.